The minimum Gasteiger partial charge on any atom is -0.314 e. The lowest BCUT2D eigenvalue weighted by Crippen LogP contribution is -2.34. The summed E-state index contributed by atoms with van der Waals surface area (Å²) in [5, 5.41) is 5.74. The van der Waals surface area contributed by atoms with Crippen LogP contribution in [0.3, 0.4) is 0 Å². The van der Waals surface area contributed by atoms with Crippen molar-refractivity contribution in [2.45, 2.75) is 45.1 Å². The molecule has 2 aromatic rings. The van der Waals surface area contributed by atoms with E-state index < -0.39 is 0 Å². The van der Waals surface area contributed by atoms with E-state index in [1.165, 1.54) is 11.3 Å². The van der Waals surface area contributed by atoms with Gasteiger partial charge in [-0.25, -0.2) is 4.98 Å². The molecule has 0 aliphatic heterocycles. The fourth-order valence-electron chi connectivity index (χ4n) is 2.65. The zero-order valence-electron chi connectivity index (χ0n) is 12.6. The van der Waals surface area contributed by atoms with Gasteiger partial charge in [0.25, 0.3) is 0 Å². The number of aromatic nitrogens is 1. The molecule has 1 atom stereocenters. The third-order valence-electron chi connectivity index (χ3n) is 3.73. The van der Waals surface area contributed by atoms with Gasteiger partial charge in [0.05, 0.1) is 11.2 Å². The third-order valence-corrected chi connectivity index (χ3v) is 4.36. The predicted octanol–water partition coefficient (Wildman–Crippen LogP) is 4.03. The number of hydrogen-bond donors (Lipinski definition) is 1. The Morgan fingerprint density at radius 3 is 2.65 bits per heavy atom. The summed E-state index contributed by atoms with van der Waals surface area (Å²) >= 11 is 1.67. The van der Waals surface area contributed by atoms with Crippen molar-refractivity contribution in [1.82, 2.24) is 10.3 Å². The Kier molecular flexibility index (Phi) is 5.32. The molecular weight excluding hydrogens is 264 g/mol. The molecule has 1 N–H and O–H groups in total. The van der Waals surface area contributed by atoms with Gasteiger partial charge in [-0.3, -0.25) is 0 Å². The van der Waals surface area contributed by atoms with Gasteiger partial charge in [0.2, 0.25) is 0 Å². The summed E-state index contributed by atoms with van der Waals surface area (Å²) < 4.78 is 0. The van der Waals surface area contributed by atoms with E-state index in [1.807, 2.05) is 5.51 Å². The predicted molar refractivity (Wildman–Crippen MR) is 87.4 cm³/mol. The van der Waals surface area contributed by atoms with Crippen LogP contribution in [0.5, 0.6) is 0 Å². The molecule has 1 aromatic heterocycles. The van der Waals surface area contributed by atoms with Crippen LogP contribution in [0.25, 0.3) is 0 Å². The molecule has 1 unspecified atom stereocenters. The van der Waals surface area contributed by atoms with Crippen LogP contribution in [0.15, 0.2) is 41.2 Å². The van der Waals surface area contributed by atoms with Crippen molar-refractivity contribution in [1.29, 1.82) is 0 Å². The fraction of sp³-hybridized carbons (Fsp3) is 0.471. The molecule has 3 heteroatoms. The first-order chi connectivity index (χ1) is 9.58. The number of nitrogens with zero attached hydrogens (tertiary/aromatic N) is 1. The Balaban J connectivity index is 1.80. The third kappa shape index (κ3) is 4.43. The Hall–Kier alpha value is -1.19. The van der Waals surface area contributed by atoms with Crippen LogP contribution >= 0.6 is 11.3 Å². The van der Waals surface area contributed by atoms with Crippen LogP contribution in [0.1, 0.15) is 38.4 Å². The summed E-state index contributed by atoms with van der Waals surface area (Å²) in [6.07, 6.45) is 2.15. The lowest BCUT2D eigenvalue weighted by atomic mass is 9.79. The van der Waals surface area contributed by atoms with Gasteiger partial charge in [-0.05, 0) is 24.3 Å². The fourth-order valence-corrected chi connectivity index (χ4v) is 3.25. The summed E-state index contributed by atoms with van der Waals surface area (Å²) in [5.41, 5.74) is 4.70. The highest BCUT2D eigenvalue weighted by Gasteiger charge is 2.22. The standard InChI is InChI=1S/C17H24N2S/c1-14(18-10-9-16-12-20-13-19-16)11-17(2,3)15-7-5-4-6-8-15/h4-8,12-14,18H,9-11H2,1-3H3. The molecule has 1 aromatic carbocycles. The average Bonchev–Trinajstić information content (AvgIpc) is 2.92. The molecule has 2 rings (SSSR count). The van der Waals surface area contributed by atoms with E-state index in [1.54, 1.807) is 11.3 Å². The molecule has 0 radical (unpaired) electrons. The van der Waals surface area contributed by atoms with Gasteiger partial charge in [0.1, 0.15) is 0 Å². The van der Waals surface area contributed by atoms with Crippen molar-refractivity contribution in [3.63, 3.8) is 0 Å². The Morgan fingerprint density at radius 2 is 2.00 bits per heavy atom. The molecule has 0 amide bonds. The number of benzene rings is 1. The second-order valence-corrected chi connectivity index (χ2v) is 6.76. The molecule has 0 bridgehead atoms. The number of thiazole rings is 1. The van der Waals surface area contributed by atoms with E-state index in [4.69, 9.17) is 0 Å². The number of nitrogens with one attached hydrogen (secondary N) is 1. The largest absolute Gasteiger partial charge is 0.314 e. The maximum absolute atomic E-state index is 4.31. The smallest absolute Gasteiger partial charge is 0.0794 e. The van der Waals surface area contributed by atoms with E-state index >= 15 is 0 Å². The zero-order chi connectivity index (χ0) is 14.4. The summed E-state index contributed by atoms with van der Waals surface area (Å²) in [6, 6.07) is 11.3. The molecule has 20 heavy (non-hydrogen) atoms. The molecule has 2 nitrogen and oxygen atoms in total. The first-order valence-electron chi connectivity index (χ1n) is 7.24. The van der Waals surface area contributed by atoms with Crippen LogP contribution < -0.4 is 5.32 Å². The van der Waals surface area contributed by atoms with Gasteiger partial charge in [-0.15, -0.1) is 11.3 Å². The van der Waals surface area contributed by atoms with E-state index in [0.717, 1.165) is 19.4 Å². The first kappa shape index (κ1) is 15.2. The molecule has 0 spiro atoms. The van der Waals surface area contributed by atoms with Gasteiger partial charge >= 0.3 is 0 Å². The van der Waals surface area contributed by atoms with Crippen molar-refractivity contribution in [3.8, 4) is 0 Å². The summed E-state index contributed by atoms with van der Waals surface area (Å²) in [7, 11) is 0. The van der Waals surface area contributed by atoms with Crippen LogP contribution in [0, 0.1) is 0 Å². The zero-order valence-corrected chi connectivity index (χ0v) is 13.4. The molecule has 0 aliphatic rings. The normalized spacial score (nSPS) is 13.3. The second kappa shape index (κ2) is 7.00. The quantitative estimate of drug-likeness (QED) is 0.832. The Morgan fingerprint density at radius 1 is 1.25 bits per heavy atom. The molecule has 0 saturated carbocycles. The van der Waals surface area contributed by atoms with Gasteiger partial charge in [0, 0.05) is 24.4 Å². The Bertz CT molecular complexity index is 491. The average molecular weight is 288 g/mol. The van der Waals surface area contributed by atoms with Crippen molar-refractivity contribution in [3.05, 3.63) is 52.5 Å². The highest BCUT2D eigenvalue weighted by molar-refractivity contribution is 7.07. The monoisotopic (exact) mass is 288 g/mol. The second-order valence-electron chi connectivity index (χ2n) is 6.04. The van der Waals surface area contributed by atoms with Gasteiger partial charge in [0.15, 0.2) is 0 Å². The van der Waals surface area contributed by atoms with E-state index in [-0.39, 0.29) is 5.41 Å². The lowest BCUT2D eigenvalue weighted by Gasteiger charge is -2.29. The van der Waals surface area contributed by atoms with Crippen molar-refractivity contribution < 1.29 is 0 Å². The van der Waals surface area contributed by atoms with Gasteiger partial charge in [-0.1, -0.05) is 44.2 Å². The SMILES string of the molecule is CC(CC(C)(C)c1ccccc1)NCCc1cscn1. The molecule has 0 fully saturated rings. The highest BCUT2D eigenvalue weighted by Crippen LogP contribution is 2.28. The topological polar surface area (TPSA) is 24.9 Å². The number of hydrogen-bond acceptors (Lipinski definition) is 3. The van der Waals surface area contributed by atoms with E-state index in [2.05, 4.69) is 66.8 Å². The van der Waals surface area contributed by atoms with Crippen molar-refractivity contribution >= 4 is 11.3 Å². The van der Waals surface area contributed by atoms with Crippen molar-refractivity contribution in [2.24, 2.45) is 0 Å². The van der Waals surface area contributed by atoms with Gasteiger partial charge in [-0.2, -0.15) is 0 Å². The summed E-state index contributed by atoms with van der Waals surface area (Å²) in [6.45, 7) is 7.91. The molecule has 0 aliphatic carbocycles. The minimum absolute atomic E-state index is 0.203. The van der Waals surface area contributed by atoms with Crippen LogP contribution in [-0.2, 0) is 11.8 Å². The molecular formula is C17H24N2S. The maximum atomic E-state index is 4.31. The summed E-state index contributed by atoms with van der Waals surface area (Å²) in [5.74, 6) is 0. The lowest BCUT2D eigenvalue weighted by molar-refractivity contribution is 0.390. The van der Waals surface area contributed by atoms with E-state index in [9.17, 15) is 0 Å². The highest BCUT2D eigenvalue weighted by atomic mass is 32.1. The Labute approximate surface area is 126 Å². The van der Waals surface area contributed by atoms with Crippen LogP contribution in [0.2, 0.25) is 0 Å². The number of rotatable bonds is 7. The summed E-state index contributed by atoms with van der Waals surface area (Å²) in [4.78, 5) is 4.31. The maximum Gasteiger partial charge on any atom is 0.0794 e. The van der Waals surface area contributed by atoms with Gasteiger partial charge < -0.3 is 5.32 Å². The molecule has 0 saturated heterocycles. The van der Waals surface area contributed by atoms with Crippen molar-refractivity contribution in [2.75, 3.05) is 6.54 Å². The minimum atomic E-state index is 0.203. The first-order valence-corrected chi connectivity index (χ1v) is 8.18. The molecule has 108 valence electrons. The molecule has 1 heterocycles. The van der Waals surface area contributed by atoms with Crippen LogP contribution in [0.4, 0.5) is 0 Å². The van der Waals surface area contributed by atoms with Crippen LogP contribution in [-0.4, -0.2) is 17.6 Å². The van der Waals surface area contributed by atoms with E-state index in [0.29, 0.717) is 6.04 Å².